The summed E-state index contributed by atoms with van der Waals surface area (Å²) in [6.07, 6.45) is 5.87. The maximum atomic E-state index is 4.37. The zero-order chi connectivity index (χ0) is 13.2. The van der Waals surface area contributed by atoms with Gasteiger partial charge in [-0.3, -0.25) is 4.68 Å². The fourth-order valence-corrected chi connectivity index (χ4v) is 2.73. The lowest BCUT2D eigenvalue weighted by Gasteiger charge is -2.32. The summed E-state index contributed by atoms with van der Waals surface area (Å²) in [6, 6.07) is 0.465. The second-order valence-electron chi connectivity index (χ2n) is 5.10. The predicted octanol–water partition coefficient (Wildman–Crippen LogP) is 1.26. The highest BCUT2D eigenvalue weighted by Gasteiger charge is 2.20. The van der Waals surface area contributed by atoms with Crippen LogP contribution in [0.5, 0.6) is 0 Å². The van der Waals surface area contributed by atoms with E-state index in [2.05, 4.69) is 32.2 Å². The summed E-state index contributed by atoms with van der Waals surface area (Å²) < 4.78 is 1.78. The van der Waals surface area contributed by atoms with Crippen LogP contribution in [0.1, 0.15) is 19.8 Å². The van der Waals surface area contributed by atoms with Gasteiger partial charge >= 0.3 is 0 Å². The molecule has 6 nitrogen and oxygen atoms in total. The molecule has 0 radical (unpaired) electrons. The van der Waals surface area contributed by atoms with Crippen molar-refractivity contribution in [3.63, 3.8) is 0 Å². The molecule has 0 unspecified atom stereocenters. The van der Waals surface area contributed by atoms with Gasteiger partial charge in [0.2, 0.25) is 0 Å². The van der Waals surface area contributed by atoms with E-state index in [1.54, 1.807) is 11.0 Å². The zero-order valence-electron chi connectivity index (χ0n) is 11.5. The molecule has 0 amide bonds. The highest BCUT2D eigenvalue weighted by Crippen LogP contribution is 2.21. The molecule has 1 aliphatic rings. The third-order valence-corrected chi connectivity index (χ3v) is 3.82. The number of rotatable bonds is 3. The van der Waals surface area contributed by atoms with E-state index in [-0.39, 0.29) is 0 Å². The second kappa shape index (κ2) is 5.13. The molecule has 1 saturated heterocycles. The van der Waals surface area contributed by atoms with Crippen molar-refractivity contribution in [1.82, 2.24) is 24.6 Å². The van der Waals surface area contributed by atoms with Crippen LogP contribution >= 0.6 is 0 Å². The molecular weight excluding hydrogens is 240 g/mol. The SMILES string of the molecule is CCN1CCC[C@@H](Nc2ncnc3c2cnn3C)C1. The Hall–Kier alpha value is -1.69. The van der Waals surface area contributed by atoms with Crippen LogP contribution in [-0.4, -0.2) is 50.3 Å². The van der Waals surface area contributed by atoms with Gasteiger partial charge in [0, 0.05) is 19.6 Å². The van der Waals surface area contributed by atoms with Crippen LogP contribution in [0.4, 0.5) is 5.82 Å². The summed E-state index contributed by atoms with van der Waals surface area (Å²) in [5.74, 6) is 0.904. The average Bonchev–Trinajstić information content (AvgIpc) is 2.82. The minimum absolute atomic E-state index is 0.465. The first-order valence-electron chi connectivity index (χ1n) is 6.89. The third-order valence-electron chi connectivity index (χ3n) is 3.82. The molecule has 3 heterocycles. The minimum Gasteiger partial charge on any atom is -0.365 e. The van der Waals surface area contributed by atoms with Crippen molar-refractivity contribution >= 4 is 16.9 Å². The van der Waals surface area contributed by atoms with Crippen LogP contribution in [0.25, 0.3) is 11.0 Å². The number of likely N-dealkylation sites (tertiary alicyclic amines) is 1. The Bertz CT molecular complexity index is 563. The molecule has 1 N–H and O–H groups in total. The summed E-state index contributed by atoms with van der Waals surface area (Å²) in [5.41, 5.74) is 0.876. The normalized spacial score (nSPS) is 20.8. The van der Waals surface area contributed by atoms with E-state index in [1.807, 2.05) is 13.2 Å². The topological polar surface area (TPSA) is 58.9 Å². The number of nitrogens with one attached hydrogen (secondary N) is 1. The molecule has 6 heteroatoms. The maximum absolute atomic E-state index is 4.37. The molecule has 0 saturated carbocycles. The quantitative estimate of drug-likeness (QED) is 0.900. The Labute approximate surface area is 112 Å². The minimum atomic E-state index is 0.465. The number of aryl methyl sites for hydroxylation is 1. The van der Waals surface area contributed by atoms with Crippen LogP contribution in [-0.2, 0) is 7.05 Å². The van der Waals surface area contributed by atoms with Gasteiger partial charge in [0.25, 0.3) is 0 Å². The predicted molar refractivity (Wildman–Crippen MR) is 75.1 cm³/mol. The molecule has 1 atom stereocenters. The first-order valence-corrected chi connectivity index (χ1v) is 6.89. The number of aromatic nitrogens is 4. The highest BCUT2D eigenvalue weighted by molar-refractivity contribution is 5.86. The molecule has 3 rings (SSSR count). The number of fused-ring (bicyclic) bond motifs is 1. The molecule has 0 aromatic carbocycles. The van der Waals surface area contributed by atoms with Gasteiger partial charge in [0.1, 0.15) is 12.1 Å². The van der Waals surface area contributed by atoms with Crippen LogP contribution in [0.15, 0.2) is 12.5 Å². The van der Waals surface area contributed by atoms with E-state index in [0.29, 0.717) is 6.04 Å². The zero-order valence-corrected chi connectivity index (χ0v) is 11.5. The van der Waals surface area contributed by atoms with Crippen molar-refractivity contribution in [3.05, 3.63) is 12.5 Å². The Balaban J connectivity index is 1.81. The van der Waals surface area contributed by atoms with Gasteiger partial charge < -0.3 is 10.2 Å². The van der Waals surface area contributed by atoms with E-state index in [1.165, 1.54) is 19.4 Å². The molecule has 0 bridgehead atoms. The number of hydrogen-bond donors (Lipinski definition) is 1. The Morgan fingerprint density at radius 3 is 3.16 bits per heavy atom. The molecule has 1 aliphatic heterocycles. The van der Waals surface area contributed by atoms with Gasteiger partial charge in [-0.05, 0) is 25.9 Å². The average molecular weight is 260 g/mol. The molecule has 1 fully saturated rings. The van der Waals surface area contributed by atoms with Gasteiger partial charge in [-0.25, -0.2) is 9.97 Å². The van der Waals surface area contributed by atoms with Gasteiger partial charge in [-0.2, -0.15) is 5.10 Å². The fourth-order valence-electron chi connectivity index (χ4n) is 2.73. The highest BCUT2D eigenvalue weighted by atomic mass is 15.3. The molecule has 2 aromatic rings. The standard InChI is InChI=1S/C13H20N6/c1-3-19-6-4-5-10(8-19)17-12-11-7-16-18(2)13(11)15-9-14-12/h7,9-10H,3-6,8H2,1-2H3,(H,14,15,17)/t10-/m1/s1. The van der Waals surface area contributed by atoms with Crippen LogP contribution in [0.2, 0.25) is 0 Å². The van der Waals surface area contributed by atoms with E-state index in [4.69, 9.17) is 0 Å². The Morgan fingerprint density at radius 2 is 2.32 bits per heavy atom. The van der Waals surface area contributed by atoms with E-state index < -0.39 is 0 Å². The summed E-state index contributed by atoms with van der Waals surface area (Å²) >= 11 is 0. The maximum Gasteiger partial charge on any atom is 0.163 e. The number of piperidine rings is 1. The summed E-state index contributed by atoms with van der Waals surface area (Å²) in [7, 11) is 1.90. The molecular formula is C13H20N6. The van der Waals surface area contributed by atoms with Gasteiger partial charge in [-0.1, -0.05) is 6.92 Å². The van der Waals surface area contributed by atoms with E-state index in [9.17, 15) is 0 Å². The van der Waals surface area contributed by atoms with Gasteiger partial charge in [0.15, 0.2) is 5.65 Å². The van der Waals surface area contributed by atoms with Gasteiger partial charge in [-0.15, -0.1) is 0 Å². The van der Waals surface area contributed by atoms with Crippen molar-refractivity contribution in [2.24, 2.45) is 7.05 Å². The molecule has 2 aromatic heterocycles. The smallest absolute Gasteiger partial charge is 0.163 e. The first kappa shape index (κ1) is 12.3. The van der Waals surface area contributed by atoms with E-state index >= 15 is 0 Å². The molecule has 102 valence electrons. The van der Waals surface area contributed by atoms with Crippen molar-refractivity contribution in [3.8, 4) is 0 Å². The molecule has 0 spiro atoms. The third kappa shape index (κ3) is 2.40. The van der Waals surface area contributed by atoms with Crippen molar-refractivity contribution in [2.45, 2.75) is 25.8 Å². The first-order chi connectivity index (χ1) is 9.28. The van der Waals surface area contributed by atoms with Gasteiger partial charge in [0.05, 0.1) is 11.6 Å². The van der Waals surface area contributed by atoms with Crippen LogP contribution in [0, 0.1) is 0 Å². The lowest BCUT2D eigenvalue weighted by molar-refractivity contribution is 0.226. The summed E-state index contributed by atoms with van der Waals surface area (Å²) in [4.78, 5) is 11.1. The number of anilines is 1. The Morgan fingerprint density at radius 1 is 1.42 bits per heavy atom. The van der Waals surface area contributed by atoms with Crippen LogP contribution in [0.3, 0.4) is 0 Å². The Kier molecular flexibility index (Phi) is 3.33. The summed E-state index contributed by atoms with van der Waals surface area (Å²) in [6.45, 7) is 5.62. The lowest BCUT2D eigenvalue weighted by atomic mass is 10.1. The fraction of sp³-hybridized carbons (Fsp3) is 0.615. The molecule has 0 aliphatic carbocycles. The monoisotopic (exact) mass is 260 g/mol. The van der Waals surface area contributed by atoms with Crippen molar-refractivity contribution in [2.75, 3.05) is 25.0 Å². The largest absolute Gasteiger partial charge is 0.365 e. The number of likely N-dealkylation sites (N-methyl/N-ethyl adjacent to an activating group) is 1. The second-order valence-corrected chi connectivity index (χ2v) is 5.10. The number of nitrogens with zero attached hydrogens (tertiary/aromatic N) is 5. The van der Waals surface area contributed by atoms with Crippen molar-refractivity contribution < 1.29 is 0 Å². The van der Waals surface area contributed by atoms with Crippen LogP contribution < -0.4 is 5.32 Å². The van der Waals surface area contributed by atoms with Crippen molar-refractivity contribution in [1.29, 1.82) is 0 Å². The summed E-state index contributed by atoms with van der Waals surface area (Å²) in [5, 5.41) is 8.80. The molecule has 19 heavy (non-hydrogen) atoms. The number of hydrogen-bond acceptors (Lipinski definition) is 5. The lowest BCUT2D eigenvalue weighted by Crippen LogP contribution is -2.42. The van der Waals surface area contributed by atoms with E-state index in [0.717, 1.165) is 29.9 Å².